The quantitative estimate of drug-likeness (QED) is 0.0820. The molecule has 0 spiro atoms. The minimum Gasteiger partial charge on any atom is -0.870 e. The van der Waals surface area contributed by atoms with Gasteiger partial charge in [0.1, 0.15) is 11.3 Å². The molecule has 17 nitrogen and oxygen atoms in total. The van der Waals surface area contributed by atoms with Gasteiger partial charge in [-0.15, -0.1) is 0 Å². The monoisotopic (exact) mass is 674 g/mol. The normalized spacial score (nSPS) is 18.0. The Morgan fingerprint density at radius 1 is 0.875 bits per heavy atom. The standard InChI is InChI=1S/C16H21N5O3.C14H17N5O3.Na.H2O/c1-2-24-16(23)10-4-3-7-21(9-10)20-13-11-5-6-18-15(11)19-8-12(13)14(17)22;15-12(20)10-6-17-13-9(3-4-16-13)11(10)18-19-5-1-2-8(7-19)14(21)22;;/h5-6,8,10H,2-4,7,9H2,1H3,(H2,17,22)(H2,18,19,20);3-4,6,8H,1-2,5,7H2,(H2,15,20)(H,21,22)(H2,16,17,18);;1H2/q;;+1;/p-1/t10-;8-;;/m00../s1. The number of H-pyrrole nitrogens is 2. The van der Waals surface area contributed by atoms with Crippen molar-refractivity contribution in [1.82, 2.24) is 30.0 Å². The molecule has 0 aromatic carbocycles. The van der Waals surface area contributed by atoms with E-state index in [1.165, 1.54) is 12.4 Å². The molecule has 2 amide bonds. The van der Waals surface area contributed by atoms with Crippen LogP contribution in [0.2, 0.25) is 0 Å². The molecule has 2 atom stereocenters. The van der Waals surface area contributed by atoms with Crippen LogP contribution in [0.4, 0.5) is 11.4 Å². The predicted octanol–water partition coefficient (Wildman–Crippen LogP) is -1.12. The Morgan fingerprint density at radius 3 is 1.77 bits per heavy atom. The number of aliphatic carboxylic acids is 1. The van der Waals surface area contributed by atoms with Crippen molar-refractivity contribution < 1.29 is 64.1 Å². The van der Waals surface area contributed by atoms with Gasteiger partial charge in [0.25, 0.3) is 11.8 Å². The third-order valence-corrected chi connectivity index (χ3v) is 8.06. The first kappa shape index (κ1) is 38.2. The number of aromatic amines is 2. The number of amides is 2. The van der Waals surface area contributed by atoms with Gasteiger partial charge >= 0.3 is 41.5 Å². The van der Waals surface area contributed by atoms with Gasteiger partial charge in [0.15, 0.2) is 0 Å². The van der Waals surface area contributed by atoms with Crippen LogP contribution in [0, 0.1) is 11.8 Å². The van der Waals surface area contributed by atoms with Crippen LogP contribution in [0.3, 0.4) is 0 Å². The number of carbonyl (C=O) groups excluding carboxylic acids is 3. The molecule has 48 heavy (non-hydrogen) atoms. The molecular formula is C30H39N10NaO7. The summed E-state index contributed by atoms with van der Waals surface area (Å²) >= 11 is 0. The Bertz CT molecular complexity index is 1750. The maximum absolute atomic E-state index is 12.0. The maximum Gasteiger partial charge on any atom is 1.00 e. The number of aromatic nitrogens is 4. The van der Waals surface area contributed by atoms with E-state index in [1.807, 2.05) is 16.1 Å². The molecular weight excluding hydrogens is 635 g/mol. The Kier molecular flexibility index (Phi) is 13.7. The summed E-state index contributed by atoms with van der Waals surface area (Å²) in [5, 5.41) is 14.4. The molecule has 2 fully saturated rings. The second kappa shape index (κ2) is 17.2. The molecule has 252 valence electrons. The molecule has 2 aliphatic heterocycles. The third kappa shape index (κ3) is 8.80. The van der Waals surface area contributed by atoms with Crippen molar-refractivity contribution >= 4 is 57.2 Å². The van der Waals surface area contributed by atoms with Crippen LogP contribution >= 0.6 is 0 Å². The number of rotatable bonds is 9. The number of carboxylic acid groups (broad SMARTS) is 1. The van der Waals surface area contributed by atoms with Crippen molar-refractivity contribution in [3.05, 3.63) is 48.0 Å². The van der Waals surface area contributed by atoms with E-state index in [0.717, 1.165) is 36.6 Å². The van der Waals surface area contributed by atoms with Gasteiger partial charge in [-0.25, -0.2) is 20.0 Å². The fraction of sp³-hybridized carbons (Fsp3) is 0.400. The molecule has 10 N–H and O–H groups in total. The maximum atomic E-state index is 12.0. The number of nitrogens with zero attached hydrogens (tertiary/aromatic N) is 4. The van der Waals surface area contributed by atoms with Crippen LogP contribution in [-0.2, 0) is 14.3 Å². The second-order valence-electron chi connectivity index (χ2n) is 11.2. The summed E-state index contributed by atoms with van der Waals surface area (Å²) in [4.78, 5) is 60.8. The zero-order valence-corrected chi connectivity index (χ0v) is 28.9. The number of primary amides is 2. The van der Waals surface area contributed by atoms with Gasteiger partial charge in [0.05, 0.1) is 40.9 Å². The van der Waals surface area contributed by atoms with Crippen LogP contribution in [0.5, 0.6) is 0 Å². The Hall–Kier alpha value is -4.26. The van der Waals surface area contributed by atoms with Crippen molar-refractivity contribution in [1.29, 1.82) is 0 Å². The predicted molar refractivity (Wildman–Crippen MR) is 171 cm³/mol. The number of hydrogen-bond acceptors (Lipinski definition) is 12. The molecule has 0 unspecified atom stereocenters. The second-order valence-corrected chi connectivity index (χ2v) is 11.2. The van der Waals surface area contributed by atoms with Gasteiger partial charge in [-0.2, -0.15) is 0 Å². The van der Waals surface area contributed by atoms with E-state index in [1.54, 1.807) is 25.4 Å². The first-order valence-corrected chi connectivity index (χ1v) is 15.1. The van der Waals surface area contributed by atoms with Gasteiger partial charge < -0.3 is 47.6 Å². The van der Waals surface area contributed by atoms with Crippen molar-refractivity contribution in [2.45, 2.75) is 32.6 Å². The first-order valence-electron chi connectivity index (χ1n) is 15.1. The van der Waals surface area contributed by atoms with E-state index in [2.05, 4.69) is 30.8 Å². The average molecular weight is 675 g/mol. The SMILES string of the molecule is CCOC(=O)[C@H]1CCCN(Nc2c(C(N)=O)cnc3[nH]ccc23)C1.NC(=O)c1cnc2[nH]ccc2c1NN1CCC[C@H](C(=O)O)C1.[Na+].[OH-]. The van der Waals surface area contributed by atoms with Gasteiger partial charge in [0, 0.05) is 61.7 Å². The van der Waals surface area contributed by atoms with E-state index in [0.29, 0.717) is 60.9 Å². The number of esters is 1. The van der Waals surface area contributed by atoms with Crippen molar-refractivity contribution in [3.8, 4) is 0 Å². The number of anilines is 2. The smallest absolute Gasteiger partial charge is 0.870 e. The van der Waals surface area contributed by atoms with E-state index >= 15 is 0 Å². The van der Waals surface area contributed by atoms with Gasteiger partial charge in [-0.3, -0.25) is 19.2 Å². The molecule has 0 saturated carbocycles. The summed E-state index contributed by atoms with van der Waals surface area (Å²) < 4.78 is 5.12. The molecule has 2 saturated heterocycles. The van der Waals surface area contributed by atoms with Crippen LogP contribution < -0.4 is 51.9 Å². The molecule has 6 rings (SSSR count). The van der Waals surface area contributed by atoms with Crippen molar-refractivity contribution in [2.75, 3.05) is 43.6 Å². The largest absolute Gasteiger partial charge is 1.00 e. The molecule has 0 aliphatic carbocycles. The van der Waals surface area contributed by atoms with E-state index < -0.39 is 23.7 Å². The molecule has 0 bridgehead atoms. The van der Waals surface area contributed by atoms with Gasteiger partial charge in [0.2, 0.25) is 0 Å². The topological polar surface area (TPSA) is 268 Å². The average Bonchev–Trinajstić information content (AvgIpc) is 3.72. The summed E-state index contributed by atoms with van der Waals surface area (Å²) in [6, 6.07) is 3.64. The number of pyridine rings is 2. The Morgan fingerprint density at radius 2 is 1.33 bits per heavy atom. The fourth-order valence-electron chi connectivity index (χ4n) is 5.76. The van der Waals surface area contributed by atoms with E-state index in [-0.39, 0.29) is 52.5 Å². The number of hydrogen-bond donors (Lipinski definition) is 7. The van der Waals surface area contributed by atoms with Crippen LogP contribution in [0.15, 0.2) is 36.9 Å². The minimum absolute atomic E-state index is 0. The summed E-state index contributed by atoms with van der Waals surface area (Å²) in [6.45, 7) is 4.55. The van der Waals surface area contributed by atoms with Crippen LogP contribution in [0.25, 0.3) is 22.1 Å². The molecule has 2 aliphatic rings. The summed E-state index contributed by atoms with van der Waals surface area (Å²) in [5.74, 6) is -2.70. The molecule has 4 aromatic rings. The number of piperidine rings is 2. The summed E-state index contributed by atoms with van der Waals surface area (Å²) in [5.41, 5.74) is 20.4. The summed E-state index contributed by atoms with van der Waals surface area (Å²) in [7, 11) is 0. The zero-order chi connectivity index (χ0) is 32.8. The van der Waals surface area contributed by atoms with Crippen LogP contribution in [0.1, 0.15) is 53.3 Å². The van der Waals surface area contributed by atoms with Gasteiger partial charge in [-0.1, -0.05) is 0 Å². The zero-order valence-electron chi connectivity index (χ0n) is 26.9. The first-order chi connectivity index (χ1) is 22.2. The fourth-order valence-corrected chi connectivity index (χ4v) is 5.76. The van der Waals surface area contributed by atoms with Crippen molar-refractivity contribution in [3.63, 3.8) is 0 Å². The Balaban J connectivity index is 0.000000251. The third-order valence-electron chi connectivity index (χ3n) is 8.06. The number of carbonyl (C=O) groups is 4. The Labute approximate surface area is 297 Å². The molecule has 0 radical (unpaired) electrons. The van der Waals surface area contributed by atoms with Gasteiger partial charge in [-0.05, 0) is 44.7 Å². The molecule has 4 aromatic heterocycles. The minimum atomic E-state index is -0.803. The number of hydrazine groups is 2. The summed E-state index contributed by atoms with van der Waals surface area (Å²) in [6.07, 6.45) is 9.45. The van der Waals surface area contributed by atoms with E-state index in [9.17, 15) is 19.2 Å². The molecule has 18 heteroatoms. The van der Waals surface area contributed by atoms with E-state index in [4.69, 9.17) is 21.3 Å². The van der Waals surface area contributed by atoms with Crippen molar-refractivity contribution in [2.24, 2.45) is 23.3 Å². The molecule has 6 heterocycles. The number of carboxylic acids is 1. The number of ether oxygens (including phenoxy) is 1. The van der Waals surface area contributed by atoms with Crippen LogP contribution in [-0.4, -0.2) is 97.1 Å². The number of fused-ring (bicyclic) bond motifs is 2. The number of nitrogens with two attached hydrogens (primary N) is 2. The number of nitrogens with one attached hydrogen (secondary N) is 4.